The number of benzene rings is 3. The summed E-state index contributed by atoms with van der Waals surface area (Å²) in [5, 5.41) is 9.63. The summed E-state index contributed by atoms with van der Waals surface area (Å²) in [6.07, 6.45) is 2.19. The van der Waals surface area contributed by atoms with Crippen LogP contribution in [0.3, 0.4) is 0 Å². The van der Waals surface area contributed by atoms with E-state index in [1.807, 2.05) is 73.3 Å². The van der Waals surface area contributed by atoms with Gasteiger partial charge >= 0.3 is 5.97 Å². The second-order valence-corrected chi connectivity index (χ2v) is 9.47. The lowest BCUT2D eigenvalue weighted by atomic mass is 10.1. The molecule has 1 aliphatic rings. The third-order valence-electron chi connectivity index (χ3n) is 5.63. The summed E-state index contributed by atoms with van der Waals surface area (Å²) in [6.45, 7) is 3.02. The van der Waals surface area contributed by atoms with E-state index in [1.165, 1.54) is 5.56 Å². The molecule has 5 nitrogen and oxygen atoms in total. The Labute approximate surface area is 205 Å². The van der Waals surface area contributed by atoms with Crippen LogP contribution in [0.1, 0.15) is 42.6 Å². The van der Waals surface area contributed by atoms with Gasteiger partial charge in [0.05, 0.1) is 11.5 Å². The number of hydrogen-bond acceptors (Lipinski definition) is 5. The van der Waals surface area contributed by atoms with Crippen molar-refractivity contribution in [1.29, 1.82) is 0 Å². The standard InChI is InChI=1S/C28H30O5S/c1-2-17-32-25(28(29)30)19-20-13-15-21(16-14-20)31-18-7-12-26-22-8-3-4-9-23(22)33-24-10-5-6-11-27(24)34-26/h3-6,8-11,13-16,25-26H,2,7,12,17-19H2,1H3,(H,29,30). The van der Waals surface area contributed by atoms with E-state index in [4.69, 9.17) is 14.2 Å². The Kier molecular flexibility index (Phi) is 8.50. The van der Waals surface area contributed by atoms with Crippen molar-refractivity contribution >= 4 is 17.7 Å². The maximum atomic E-state index is 11.4. The van der Waals surface area contributed by atoms with Crippen molar-refractivity contribution in [3.63, 3.8) is 0 Å². The van der Waals surface area contributed by atoms with E-state index in [0.29, 0.717) is 24.9 Å². The van der Waals surface area contributed by atoms with E-state index < -0.39 is 12.1 Å². The molecule has 3 aromatic rings. The molecule has 3 aromatic carbocycles. The van der Waals surface area contributed by atoms with Crippen molar-refractivity contribution in [2.45, 2.75) is 48.9 Å². The van der Waals surface area contributed by atoms with Gasteiger partial charge in [0.1, 0.15) is 17.2 Å². The Hall–Kier alpha value is -2.96. The van der Waals surface area contributed by atoms with E-state index in [1.54, 1.807) is 0 Å². The molecule has 0 spiro atoms. The third kappa shape index (κ3) is 6.33. The Balaban J connectivity index is 1.31. The predicted molar refractivity (Wildman–Crippen MR) is 134 cm³/mol. The minimum atomic E-state index is -0.931. The monoisotopic (exact) mass is 478 g/mol. The summed E-state index contributed by atoms with van der Waals surface area (Å²) >= 11 is 1.84. The highest BCUT2D eigenvalue weighted by Crippen LogP contribution is 2.49. The molecule has 0 saturated heterocycles. The van der Waals surface area contributed by atoms with Crippen molar-refractivity contribution in [2.75, 3.05) is 13.2 Å². The van der Waals surface area contributed by atoms with Crippen molar-refractivity contribution < 1.29 is 24.1 Å². The van der Waals surface area contributed by atoms with Crippen molar-refractivity contribution in [2.24, 2.45) is 0 Å². The number of para-hydroxylation sites is 2. The molecule has 2 unspecified atom stereocenters. The summed E-state index contributed by atoms with van der Waals surface area (Å²) in [7, 11) is 0. The Morgan fingerprint density at radius 2 is 1.74 bits per heavy atom. The van der Waals surface area contributed by atoms with Crippen LogP contribution < -0.4 is 9.47 Å². The van der Waals surface area contributed by atoms with E-state index in [0.717, 1.165) is 47.0 Å². The number of carboxylic acid groups (broad SMARTS) is 1. The minimum absolute atomic E-state index is 0.293. The average molecular weight is 479 g/mol. The lowest BCUT2D eigenvalue weighted by molar-refractivity contribution is -0.150. The quantitative estimate of drug-likeness (QED) is 0.302. The molecule has 0 radical (unpaired) electrons. The molecule has 6 heteroatoms. The minimum Gasteiger partial charge on any atom is -0.494 e. The third-order valence-corrected chi connectivity index (χ3v) is 6.99. The van der Waals surface area contributed by atoms with E-state index in [2.05, 4.69) is 18.2 Å². The number of carbonyl (C=O) groups is 1. The molecule has 34 heavy (non-hydrogen) atoms. The summed E-state index contributed by atoms with van der Waals surface area (Å²) in [5.41, 5.74) is 2.13. The van der Waals surface area contributed by atoms with Gasteiger partial charge in [0.2, 0.25) is 0 Å². The lowest BCUT2D eigenvalue weighted by Crippen LogP contribution is -2.26. The molecule has 4 rings (SSSR count). The first-order valence-electron chi connectivity index (χ1n) is 11.7. The van der Waals surface area contributed by atoms with Gasteiger partial charge in [-0.1, -0.05) is 49.4 Å². The van der Waals surface area contributed by atoms with Gasteiger partial charge in [-0.2, -0.15) is 0 Å². The molecular weight excluding hydrogens is 448 g/mol. The first kappa shape index (κ1) is 24.2. The normalized spacial score (nSPS) is 15.4. The molecule has 0 fully saturated rings. The fraction of sp³-hybridized carbons (Fsp3) is 0.321. The van der Waals surface area contributed by atoms with Crippen LogP contribution in [0.15, 0.2) is 77.7 Å². The zero-order valence-electron chi connectivity index (χ0n) is 19.3. The van der Waals surface area contributed by atoms with Crippen LogP contribution in [0.25, 0.3) is 0 Å². The van der Waals surface area contributed by atoms with Gasteiger partial charge in [-0.3, -0.25) is 0 Å². The van der Waals surface area contributed by atoms with Crippen molar-refractivity contribution in [1.82, 2.24) is 0 Å². The second-order valence-electron chi connectivity index (χ2n) is 8.23. The van der Waals surface area contributed by atoms with Crippen LogP contribution in [0.2, 0.25) is 0 Å². The number of thioether (sulfide) groups is 1. The number of aliphatic carboxylic acids is 1. The number of hydrogen-bond donors (Lipinski definition) is 1. The lowest BCUT2D eigenvalue weighted by Gasteiger charge is -2.16. The smallest absolute Gasteiger partial charge is 0.333 e. The van der Waals surface area contributed by atoms with Gasteiger partial charge < -0.3 is 19.3 Å². The van der Waals surface area contributed by atoms with Gasteiger partial charge in [-0.25, -0.2) is 4.79 Å². The molecule has 0 amide bonds. The summed E-state index contributed by atoms with van der Waals surface area (Å²) in [4.78, 5) is 12.5. The van der Waals surface area contributed by atoms with E-state index in [-0.39, 0.29) is 0 Å². The fourth-order valence-corrected chi connectivity index (χ4v) is 5.19. The molecule has 1 aliphatic heterocycles. The topological polar surface area (TPSA) is 65.0 Å². The Morgan fingerprint density at radius 1 is 1.00 bits per heavy atom. The maximum absolute atomic E-state index is 11.4. The van der Waals surface area contributed by atoms with Crippen LogP contribution in [0.5, 0.6) is 17.2 Å². The second kappa shape index (κ2) is 12.0. The summed E-state index contributed by atoms with van der Waals surface area (Å²) in [5.74, 6) is 1.68. The van der Waals surface area contributed by atoms with Crippen molar-refractivity contribution in [3.05, 3.63) is 83.9 Å². The molecule has 0 saturated carbocycles. The van der Waals surface area contributed by atoms with Gasteiger partial charge in [-0.05, 0) is 55.2 Å². The molecular formula is C28H30O5S. The van der Waals surface area contributed by atoms with Crippen LogP contribution in [-0.4, -0.2) is 30.4 Å². The van der Waals surface area contributed by atoms with Gasteiger partial charge in [0.25, 0.3) is 0 Å². The van der Waals surface area contributed by atoms with Gasteiger partial charge in [0, 0.05) is 23.8 Å². The molecule has 0 aliphatic carbocycles. The molecule has 1 heterocycles. The maximum Gasteiger partial charge on any atom is 0.333 e. The predicted octanol–water partition coefficient (Wildman–Crippen LogP) is 6.91. The zero-order chi connectivity index (χ0) is 23.8. The molecule has 178 valence electrons. The number of ether oxygens (including phenoxy) is 3. The Bertz CT molecular complexity index is 1080. The molecule has 0 aromatic heterocycles. The summed E-state index contributed by atoms with van der Waals surface area (Å²) < 4.78 is 17.6. The van der Waals surface area contributed by atoms with Crippen LogP contribution >= 0.6 is 11.8 Å². The largest absolute Gasteiger partial charge is 0.494 e. The van der Waals surface area contributed by atoms with E-state index in [9.17, 15) is 9.90 Å². The summed E-state index contributed by atoms with van der Waals surface area (Å²) in [6, 6.07) is 24.0. The van der Waals surface area contributed by atoms with Crippen molar-refractivity contribution in [3.8, 4) is 17.2 Å². The van der Waals surface area contributed by atoms with Crippen LogP contribution in [0.4, 0.5) is 0 Å². The highest BCUT2D eigenvalue weighted by molar-refractivity contribution is 7.99. The SMILES string of the molecule is CCCOC(Cc1ccc(OCCCC2Sc3ccccc3Oc3ccccc32)cc1)C(=O)O. The molecule has 2 atom stereocenters. The fourth-order valence-electron chi connectivity index (χ4n) is 3.89. The Morgan fingerprint density at radius 3 is 2.50 bits per heavy atom. The van der Waals surface area contributed by atoms with Gasteiger partial charge in [-0.15, -0.1) is 11.8 Å². The van der Waals surface area contributed by atoms with Crippen LogP contribution in [-0.2, 0) is 16.0 Å². The molecule has 0 bridgehead atoms. The number of rotatable bonds is 11. The first-order valence-corrected chi connectivity index (χ1v) is 12.6. The zero-order valence-corrected chi connectivity index (χ0v) is 20.1. The van der Waals surface area contributed by atoms with Crippen LogP contribution in [0, 0.1) is 0 Å². The highest BCUT2D eigenvalue weighted by atomic mass is 32.2. The average Bonchev–Trinajstić information content (AvgIpc) is 3.01. The highest BCUT2D eigenvalue weighted by Gasteiger charge is 2.23. The van der Waals surface area contributed by atoms with E-state index >= 15 is 0 Å². The molecule has 1 N–H and O–H groups in total. The number of fused-ring (bicyclic) bond motifs is 2. The number of carboxylic acids is 1. The first-order chi connectivity index (χ1) is 16.6. The van der Waals surface area contributed by atoms with Gasteiger partial charge in [0.15, 0.2) is 6.10 Å².